The Kier molecular flexibility index (Phi) is 5.82. The Labute approximate surface area is 125 Å². The van der Waals surface area contributed by atoms with E-state index in [2.05, 4.69) is 22.2 Å². The fraction of sp³-hybridized carbons (Fsp3) is 0.375. The molecule has 0 atom stereocenters. The van der Waals surface area contributed by atoms with Crippen molar-refractivity contribution in [2.45, 2.75) is 19.8 Å². The second-order valence-corrected chi connectivity index (χ2v) is 4.52. The van der Waals surface area contributed by atoms with Crippen LogP contribution in [0.3, 0.4) is 0 Å². The molecule has 0 saturated heterocycles. The minimum Gasteiger partial charge on any atom is -0.490 e. The third-order valence-electron chi connectivity index (χ3n) is 2.82. The normalized spacial score (nSPS) is 10.2. The van der Waals surface area contributed by atoms with Crippen molar-refractivity contribution in [3.63, 3.8) is 0 Å². The quantitative estimate of drug-likeness (QED) is 0.757. The van der Waals surface area contributed by atoms with E-state index in [0.29, 0.717) is 19.1 Å². The maximum absolute atomic E-state index is 5.64. The Morgan fingerprint density at radius 1 is 1.05 bits per heavy atom. The lowest BCUT2D eigenvalue weighted by molar-refractivity contribution is 0.211. The van der Waals surface area contributed by atoms with Gasteiger partial charge in [-0.1, -0.05) is 25.1 Å². The van der Waals surface area contributed by atoms with Crippen molar-refractivity contribution in [2.24, 2.45) is 0 Å². The maximum Gasteiger partial charge on any atom is 0.218 e. The Bertz CT molecular complexity index is 546. The molecule has 2 rings (SSSR count). The van der Waals surface area contributed by atoms with Crippen LogP contribution in [0.2, 0.25) is 0 Å². The molecule has 21 heavy (non-hydrogen) atoms. The van der Waals surface area contributed by atoms with Crippen LogP contribution >= 0.6 is 0 Å². The first-order valence-electron chi connectivity index (χ1n) is 7.18. The van der Waals surface area contributed by atoms with Crippen LogP contribution in [0.1, 0.15) is 19.2 Å². The van der Waals surface area contributed by atoms with Gasteiger partial charge in [-0.05, 0) is 18.6 Å². The van der Waals surface area contributed by atoms with Gasteiger partial charge in [0.15, 0.2) is 0 Å². The predicted octanol–water partition coefficient (Wildman–Crippen LogP) is 2.93. The lowest BCUT2D eigenvalue weighted by atomic mass is 10.3. The minimum atomic E-state index is 0.445. The highest BCUT2D eigenvalue weighted by Crippen LogP contribution is 2.14. The van der Waals surface area contributed by atoms with Crippen LogP contribution in [0.25, 0.3) is 0 Å². The van der Waals surface area contributed by atoms with Crippen LogP contribution in [-0.4, -0.2) is 30.2 Å². The van der Waals surface area contributed by atoms with Gasteiger partial charge in [0, 0.05) is 19.5 Å². The molecule has 1 aromatic heterocycles. The third kappa shape index (κ3) is 4.95. The molecule has 0 aliphatic heterocycles. The Hall–Kier alpha value is -2.30. The highest BCUT2D eigenvalue weighted by molar-refractivity contribution is 5.37. The van der Waals surface area contributed by atoms with Crippen LogP contribution in [0.4, 0.5) is 5.82 Å². The summed E-state index contributed by atoms with van der Waals surface area (Å²) in [6.45, 7) is 3.02. The fourth-order valence-corrected chi connectivity index (χ4v) is 1.83. The molecular formula is C16H21N3O2. The second kappa shape index (κ2) is 8.09. The van der Waals surface area contributed by atoms with Gasteiger partial charge in [-0.25, -0.2) is 4.98 Å². The van der Waals surface area contributed by atoms with E-state index in [1.807, 2.05) is 37.4 Å². The van der Waals surface area contributed by atoms with Crippen molar-refractivity contribution < 1.29 is 9.47 Å². The van der Waals surface area contributed by atoms with Crippen molar-refractivity contribution in [1.29, 1.82) is 0 Å². The number of aromatic nitrogens is 2. The Morgan fingerprint density at radius 3 is 2.52 bits per heavy atom. The zero-order chi connectivity index (χ0) is 14.9. The van der Waals surface area contributed by atoms with Gasteiger partial charge in [-0.2, -0.15) is 4.98 Å². The van der Waals surface area contributed by atoms with E-state index in [9.17, 15) is 0 Å². The summed E-state index contributed by atoms with van der Waals surface area (Å²) in [5.74, 6) is 2.98. The maximum atomic E-state index is 5.64. The first-order valence-corrected chi connectivity index (χ1v) is 7.18. The topological polar surface area (TPSA) is 56.3 Å². The van der Waals surface area contributed by atoms with Gasteiger partial charge >= 0.3 is 0 Å². The molecule has 2 aromatic rings. The van der Waals surface area contributed by atoms with E-state index in [4.69, 9.17) is 9.47 Å². The molecular weight excluding hydrogens is 266 g/mol. The summed E-state index contributed by atoms with van der Waals surface area (Å²) in [5.41, 5.74) is 0. The average Bonchev–Trinajstić information content (AvgIpc) is 2.53. The molecule has 0 aliphatic rings. The molecule has 5 nitrogen and oxygen atoms in total. The Balaban J connectivity index is 1.86. The monoisotopic (exact) mass is 287 g/mol. The molecule has 0 unspecified atom stereocenters. The van der Waals surface area contributed by atoms with Crippen molar-refractivity contribution in [3.8, 4) is 11.6 Å². The minimum absolute atomic E-state index is 0.445. The highest BCUT2D eigenvalue weighted by atomic mass is 16.5. The van der Waals surface area contributed by atoms with Crippen LogP contribution in [0, 0.1) is 0 Å². The van der Waals surface area contributed by atoms with E-state index in [0.717, 1.165) is 30.2 Å². The zero-order valence-corrected chi connectivity index (χ0v) is 12.5. The lowest BCUT2D eigenvalue weighted by Gasteiger charge is -2.10. The third-order valence-corrected chi connectivity index (χ3v) is 2.82. The number of rotatable bonds is 8. The first-order chi connectivity index (χ1) is 10.3. The standard InChI is InChI=1S/C16H21N3O2/c1-3-7-14-18-15(17-2)12-16(19-14)21-11-10-20-13-8-5-4-6-9-13/h4-6,8-9,12H,3,7,10-11H2,1-2H3,(H,17,18,19). The van der Waals surface area contributed by atoms with Gasteiger partial charge in [0.2, 0.25) is 5.88 Å². The number of hydrogen-bond donors (Lipinski definition) is 1. The fourth-order valence-electron chi connectivity index (χ4n) is 1.83. The molecule has 0 bridgehead atoms. The molecule has 0 fully saturated rings. The van der Waals surface area contributed by atoms with Crippen molar-refractivity contribution in [1.82, 2.24) is 9.97 Å². The van der Waals surface area contributed by atoms with Crippen molar-refractivity contribution in [3.05, 3.63) is 42.2 Å². The number of benzene rings is 1. The lowest BCUT2D eigenvalue weighted by Crippen LogP contribution is -2.11. The summed E-state index contributed by atoms with van der Waals surface area (Å²) in [7, 11) is 1.83. The zero-order valence-electron chi connectivity index (χ0n) is 12.5. The number of para-hydroxylation sites is 1. The van der Waals surface area contributed by atoms with Crippen LogP contribution in [0.5, 0.6) is 11.6 Å². The summed E-state index contributed by atoms with van der Waals surface area (Å²) >= 11 is 0. The van der Waals surface area contributed by atoms with E-state index >= 15 is 0 Å². The summed E-state index contributed by atoms with van der Waals surface area (Å²) in [4.78, 5) is 8.77. The molecule has 5 heteroatoms. The first kappa shape index (κ1) is 15.1. The smallest absolute Gasteiger partial charge is 0.218 e. The summed E-state index contributed by atoms with van der Waals surface area (Å²) in [6, 6.07) is 11.5. The van der Waals surface area contributed by atoms with E-state index in [1.165, 1.54) is 0 Å². The molecule has 0 spiro atoms. The van der Waals surface area contributed by atoms with Crippen molar-refractivity contribution >= 4 is 5.82 Å². The molecule has 0 amide bonds. The van der Waals surface area contributed by atoms with E-state index in [-0.39, 0.29) is 0 Å². The molecule has 0 radical (unpaired) electrons. The highest BCUT2D eigenvalue weighted by Gasteiger charge is 2.04. The van der Waals surface area contributed by atoms with Gasteiger partial charge in [0.1, 0.15) is 30.6 Å². The molecule has 1 N–H and O–H groups in total. The average molecular weight is 287 g/mol. The SMILES string of the molecule is CCCc1nc(NC)cc(OCCOc2ccccc2)n1. The molecule has 0 aliphatic carbocycles. The summed E-state index contributed by atoms with van der Waals surface area (Å²) in [5, 5.41) is 3.02. The van der Waals surface area contributed by atoms with Crippen LogP contribution < -0.4 is 14.8 Å². The molecule has 1 aromatic carbocycles. The molecule has 112 valence electrons. The summed E-state index contributed by atoms with van der Waals surface area (Å²) in [6.07, 6.45) is 1.84. The number of hydrogen-bond acceptors (Lipinski definition) is 5. The molecule has 1 heterocycles. The second-order valence-electron chi connectivity index (χ2n) is 4.52. The van der Waals surface area contributed by atoms with Crippen LogP contribution in [-0.2, 0) is 6.42 Å². The number of aryl methyl sites for hydroxylation is 1. The van der Waals surface area contributed by atoms with Gasteiger partial charge in [-0.15, -0.1) is 0 Å². The van der Waals surface area contributed by atoms with Gasteiger partial charge in [0.25, 0.3) is 0 Å². The summed E-state index contributed by atoms with van der Waals surface area (Å²) < 4.78 is 11.2. The van der Waals surface area contributed by atoms with Crippen LogP contribution in [0.15, 0.2) is 36.4 Å². The van der Waals surface area contributed by atoms with Gasteiger partial charge in [0.05, 0.1) is 0 Å². The number of anilines is 1. The largest absolute Gasteiger partial charge is 0.490 e. The predicted molar refractivity (Wildman–Crippen MR) is 83.0 cm³/mol. The number of ether oxygens (including phenoxy) is 2. The number of nitrogens with one attached hydrogen (secondary N) is 1. The van der Waals surface area contributed by atoms with Gasteiger partial charge < -0.3 is 14.8 Å². The van der Waals surface area contributed by atoms with Crippen molar-refractivity contribution in [2.75, 3.05) is 25.6 Å². The number of nitrogens with zero attached hydrogens (tertiary/aromatic N) is 2. The van der Waals surface area contributed by atoms with E-state index < -0.39 is 0 Å². The van der Waals surface area contributed by atoms with E-state index in [1.54, 1.807) is 6.07 Å². The van der Waals surface area contributed by atoms with Gasteiger partial charge in [-0.3, -0.25) is 0 Å². The molecule has 0 saturated carbocycles. The Morgan fingerprint density at radius 2 is 1.81 bits per heavy atom.